The zero-order valence-corrected chi connectivity index (χ0v) is 10.7. The average molecular weight is 241 g/mol. The minimum atomic E-state index is -0.242. The standard InChI is InChI=1S/C13H23NO3/c1-2-17-12(16)14-9-5-8-13(10-14)7-4-3-6-11(13)15/h11,15H,2-10H2,1H3/t11-,13+/m1/s1. The fraction of sp³-hybridized carbons (Fsp3) is 0.923. The van der Waals surface area contributed by atoms with E-state index < -0.39 is 0 Å². The zero-order valence-electron chi connectivity index (χ0n) is 10.7. The van der Waals surface area contributed by atoms with Crippen molar-refractivity contribution in [1.82, 2.24) is 4.90 Å². The summed E-state index contributed by atoms with van der Waals surface area (Å²) in [5, 5.41) is 10.2. The van der Waals surface area contributed by atoms with Crippen molar-refractivity contribution in [3.63, 3.8) is 0 Å². The number of nitrogens with zero attached hydrogens (tertiary/aromatic N) is 1. The molecule has 1 aliphatic carbocycles. The largest absolute Gasteiger partial charge is 0.450 e. The van der Waals surface area contributed by atoms with Crippen LogP contribution in [-0.4, -0.2) is 41.9 Å². The Hall–Kier alpha value is -0.770. The van der Waals surface area contributed by atoms with E-state index in [9.17, 15) is 9.90 Å². The van der Waals surface area contributed by atoms with E-state index in [1.165, 1.54) is 6.42 Å². The first-order valence-corrected chi connectivity index (χ1v) is 6.78. The molecule has 0 unspecified atom stereocenters. The Morgan fingerprint density at radius 1 is 1.41 bits per heavy atom. The van der Waals surface area contributed by atoms with Gasteiger partial charge in [0.15, 0.2) is 0 Å². The quantitative estimate of drug-likeness (QED) is 0.765. The molecule has 4 heteroatoms. The maximum atomic E-state index is 11.8. The van der Waals surface area contributed by atoms with E-state index >= 15 is 0 Å². The van der Waals surface area contributed by atoms with Crippen molar-refractivity contribution in [2.75, 3.05) is 19.7 Å². The molecule has 1 saturated heterocycles. The van der Waals surface area contributed by atoms with Crippen LogP contribution in [0.3, 0.4) is 0 Å². The van der Waals surface area contributed by atoms with Gasteiger partial charge in [0.25, 0.3) is 0 Å². The van der Waals surface area contributed by atoms with E-state index in [4.69, 9.17) is 4.74 Å². The summed E-state index contributed by atoms with van der Waals surface area (Å²) in [6.45, 7) is 3.69. The highest BCUT2D eigenvalue weighted by atomic mass is 16.6. The van der Waals surface area contributed by atoms with Crippen LogP contribution in [0.15, 0.2) is 0 Å². The molecule has 2 atom stereocenters. The van der Waals surface area contributed by atoms with Crippen molar-refractivity contribution in [2.45, 2.75) is 51.6 Å². The number of hydrogen-bond donors (Lipinski definition) is 1. The van der Waals surface area contributed by atoms with Crippen molar-refractivity contribution >= 4 is 6.09 Å². The first-order chi connectivity index (χ1) is 8.18. The fourth-order valence-corrected chi connectivity index (χ4v) is 3.29. The van der Waals surface area contributed by atoms with Crippen molar-refractivity contribution < 1.29 is 14.6 Å². The Labute approximate surface area is 103 Å². The molecule has 1 saturated carbocycles. The number of carbonyl (C=O) groups is 1. The number of carbonyl (C=O) groups excluding carboxylic acids is 1. The predicted octanol–water partition coefficient (Wildman–Crippen LogP) is 2.16. The van der Waals surface area contributed by atoms with Gasteiger partial charge in [-0.2, -0.15) is 0 Å². The third-order valence-electron chi connectivity index (χ3n) is 4.24. The molecule has 0 radical (unpaired) electrons. The second-order valence-electron chi connectivity index (χ2n) is 5.35. The van der Waals surface area contributed by atoms with Crippen molar-refractivity contribution in [1.29, 1.82) is 0 Å². The summed E-state index contributed by atoms with van der Waals surface area (Å²) in [6, 6.07) is 0. The van der Waals surface area contributed by atoms with Gasteiger partial charge in [0.2, 0.25) is 0 Å². The monoisotopic (exact) mass is 241 g/mol. The van der Waals surface area contributed by atoms with Gasteiger partial charge in [-0.1, -0.05) is 12.8 Å². The first-order valence-electron chi connectivity index (χ1n) is 6.78. The van der Waals surface area contributed by atoms with Crippen LogP contribution >= 0.6 is 0 Å². The molecule has 0 bridgehead atoms. The van der Waals surface area contributed by atoms with Gasteiger partial charge in [-0.15, -0.1) is 0 Å². The summed E-state index contributed by atoms with van der Waals surface area (Å²) in [6.07, 6.45) is 5.79. The normalized spacial score (nSPS) is 33.8. The molecule has 2 aliphatic rings. The number of aliphatic hydroxyl groups excluding tert-OH is 1. The van der Waals surface area contributed by atoms with Crippen LogP contribution in [0, 0.1) is 5.41 Å². The van der Waals surface area contributed by atoms with Crippen LogP contribution in [0.5, 0.6) is 0 Å². The molecular formula is C13H23NO3. The maximum absolute atomic E-state index is 11.8. The Morgan fingerprint density at radius 3 is 2.88 bits per heavy atom. The molecular weight excluding hydrogens is 218 g/mol. The van der Waals surface area contributed by atoms with Crippen LogP contribution in [0.4, 0.5) is 4.79 Å². The number of amides is 1. The first kappa shape index (κ1) is 12.7. The van der Waals surface area contributed by atoms with Gasteiger partial charge in [0, 0.05) is 18.5 Å². The molecule has 1 heterocycles. The lowest BCUT2D eigenvalue weighted by molar-refractivity contribution is -0.0562. The van der Waals surface area contributed by atoms with Crippen LogP contribution < -0.4 is 0 Å². The molecule has 1 spiro atoms. The van der Waals surface area contributed by atoms with E-state index in [-0.39, 0.29) is 17.6 Å². The minimum absolute atomic E-state index is 0.0523. The Bertz CT molecular complexity index is 278. The van der Waals surface area contributed by atoms with Crippen molar-refractivity contribution in [3.05, 3.63) is 0 Å². The zero-order chi connectivity index (χ0) is 12.3. The predicted molar refractivity (Wildman–Crippen MR) is 64.7 cm³/mol. The third kappa shape index (κ3) is 2.57. The Kier molecular flexibility index (Phi) is 3.92. The van der Waals surface area contributed by atoms with Gasteiger partial charge in [0.05, 0.1) is 12.7 Å². The highest BCUT2D eigenvalue weighted by molar-refractivity contribution is 5.67. The molecule has 98 valence electrons. The number of ether oxygens (including phenoxy) is 1. The van der Waals surface area contributed by atoms with Gasteiger partial charge < -0.3 is 14.7 Å². The highest BCUT2D eigenvalue weighted by Gasteiger charge is 2.44. The Morgan fingerprint density at radius 2 is 2.18 bits per heavy atom. The SMILES string of the molecule is CCOC(=O)N1CCC[C@@]2(CCCC[C@H]2O)C1. The molecule has 0 aromatic heterocycles. The van der Waals surface area contributed by atoms with Gasteiger partial charge in [-0.25, -0.2) is 4.79 Å². The van der Waals surface area contributed by atoms with Crippen LogP contribution in [0.2, 0.25) is 0 Å². The smallest absolute Gasteiger partial charge is 0.409 e. The second-order valence-corrected chi connectivity index (χ2v) is 5.35. The van der Waals surface area contributed by atoms with Crippen molar-refractivity contribution in [3.8, 4) is 0 Å². The molecule has 17 heavy (non-hydrogen) atoms. The summed E-state index contributed by atoms with van der Waals surface area (Å²) >= 11 is 0. The summed E-state index contributed by atoms with van der Waals surface area (Å²) < 4.78 is 5.06. The van der Waals surface area contributed by atoms with E-state index in [1.54, 1.807) is 4.90 Å². The molecule has 2 rings (SSSR count). The molecule has 2 fully saturated rings. The van der Waals surface area contributed by atoms with Gasteiger partial charge in [-0.3, -0.25) is 0 Å². The summed E-state index contributed by atoms with van der Waals surface area (Å²) in [7, 11) is 0. The molecule has 1 aliphatic heterocycles. The summed E-state index contributed by atoms with van der Waals surface area (Å²) in [5.41, 5.74) is -0.0523. The number of hydrogen-bond acceptors (Lipinski definition) is 3. The number of rotatable bonds is 1. The Balaban J connectivity index is 2.02. The summed E-state index contributed by atoms with van der Waals surface area (Å²) in [4.78, 5) is 13.5. The molecule has 4 nitrogen and oxygen atoms in total. The maximum Gasteiger partial charge on any atom is 0.409 e. The lowest BCUT2D eigenvalue weighted by Crippen LogP contribution is -2.52. The molecule has 1 amide bonds. The van der Waals surface area contributed by atoms with E-state index in [0.717, 1.165) is 38.6 Å². The lowest BCUT2D eigenvalue weighted by Gasteiger charge is -2.47. The van der Waals surface area contributed by atoms with E-state index in [2.05, 4.69) is 0 Å². The van der Waals surface area contributed by atoms with Crippen LogP contribution in [0.25, 0.3) is 0 Å². The summed E-state index contributed by atoms with van der Waals surface area (Å²) in [5.74, 6) is 0. The molecule has 1 N–H and O–H groups in total. The third-order valence-corrected chi connectivity index (χ3v) is 4.24. The fourth-order valence-electron chi connectivity index (χ4n) is 3.29. The average Bonchev–Trinajstić information content (AvgIpc) is 2.34. The number of aliphatic hydroxyl groups is 1. The molecule has 0 aromatic rings. The minimum Gasteiger partial charge on any atom is -0.450 e. The van der Waals surface area contributed by atoms with Crippen LogP contribution in [0.1, 0.15) is 45.4 Å². The topological polar surface area (TPSA) is 49.8 Å². The number of likely N-dealkylation sites (tertiary alicyclic amines) is 1. The van der Waals surface area contributed by atoms with Gasteiger partial charge in [-0.05, 0) is 32.6 Å². The second kappa shape index (κ2) is 5.25. The van der Waals surface area contributed by atoms with Gasteiger partial charge >= 0.3 is 6.09 Å². The highest BCUT2D eigenvalue weighted by Crippen LogP contribution is 2.43. The van der Waals surface area contributed by atoms with Gasteiger partial charge in [0.1, 0.15) is 0 Å². The van der Waals surface area contributed by atoms with E-state index in [1.807, 2.05) is 6.92 Å². The van der Waals surface area contributed by atoms with Crippen molar-refractivity contribution in [2.24, 2.45) is 5.41 Å². The number of piperidine rings is 1. The molecule has 0 aromatic carbocycles. The van der Waals surface area contributed by atoms with Crippen LogP contribution in [-0.2, 0) is 4.74 Å². The van der Waals surface area contributed by atoms with E-state index in [0.29, 0.717) is 13.2 Å². The lowest BCUT2D eigenvalue weighted by atomic mass is 9.67.